The van der Waals surface area contributed by atoms with E-state index in [0.717, 1.165) is 11.4 Å². The summed E-state index contributed by atoms with van der Waals surface area (Å²) < 4.78 is 1.81. The Labute approximate surface area is 92.7 Å². The van der Waals surface area contributed by atoms with Crippen molar-refractivity contribution in [3.05, 3.63) is 35.4 Å². The summed E-state index contributed by atoms with van der Waals surface area (Å²) in [5.74, 6) is 0.786. The summed E-state index contributed by atoms with van der Waals surface area (Å²) in [5, 5.41) is 0.580. The summed E-state index contributed by atoms with van der Waals surface area (Å²) >= 11 is 6.06. The molecule has 0 aliphatic carbocycles. The zero-order chi connectivity index (χ0) is 10.8. The molecule has 78 valence electrons. The van der Waals surface area contributed by atoms with Crippen LogP contribution in [0.2, 0.25) is 5.15 Å². The van der Waals surface area contributed by atoms with Crippen LogP contribution >= 0.6 is 11.6 Å². The molecule has 0 unspecified atom stereocenters. The summed E-state index contributed by atoms with van der Waals surface area (Å²) in [6.07, 6.45) is 3.47. The fraction of sp³-hybridized carbons (Fsp3) is 0.200. The van der Waals surface area contributed by atoms with Crippen LogP contribution in [0, 0.1) is 0 Å². The van der Waals surface area contributed by atoms with Gasteiger partial charge in [0.2, 0.25) is 0 Å². The highest BCUT2D eigenvalue weighted by molar-refractivity contribution is 6.30. The molecule has 2 N–H and O–H groups in total. The number of aromatic nitrogens is 3. The van der Waals surface area contributed by atoms with Crippen LogP contribution in [-0.2, 0) is 13.6 Å². The van der Waals surface area contributed by atoms with E-state index in [-0.39, 0.29) is 0 Å². The molecule has 0 spiro atoms. The average molecular weight is 223 g/mol. The Hall–Kier alpha value is -1.39. The average Bonchev–Trinajstić information content (AvgIpc) is 2.57. The fourth-order valence-electron chi connectivity index (χ4n) is 1.42. The lowest BCUT2D eigenvalue weighted by Gasteiger charge is -2.00. The molecule has 0 aliphatic heterocycles. The van der Waals surface area contributed by atoms with Crippen molar-refractivity contribution in [2.45, 2.75) is 6.54 Å². The predicted octanol–water partition coefficient (Wildman–Crippen LogP) is 1.59. The van der Waals surface area contributed by atoms with Crippen molar-refractivity contribution in [3.8, 4) is 11.4 Å². The predicted molar refractivity (Wildman–Crippen MR) is 59.3 cm³/mol. The van der Waals surface area contributed by atoms with E-state index in [2.05, 4.69) is 9.97 Å². The van der Waals surface area contributed by atoms with Gasteiger partial charge in [-0.3, -0.25) is 4.98 Å². The van der Waals surface area contributed by atoms with Crippen LogP contribution in [0.3, 0.4) is 0 Å². The minimum Gasteiger partial charge on any atom is -0.325 e. The molecule has 0 atom stereocenters. The highest BCUT2D eigenvalue weighted by Crippen LogP contribution is 2.23. The van der Waals surface area contributed by atoms with Crippen LogP contribution in [0.5, 0.6) is 0 Å². The Morgan fingerprint density at radius 3 is 2.87 bits per heavy atom. The third-order valence-corrected chi connectivity index (χ3v) is 2.68. The summed E-state index contributed by atoms with van der Waals surface area (Å²) in [6, 6.07) is 3.80. The van der Waals surface area contributed by atoms with Crippen molar-refractivity contribution in [2.24, 2.45) is 12.8 Å². The normalized spacial score (nSPS) is 10.6. The molecule has 0 fully saturated rings. The Morgan fingerprint density at radius 1 is 1.53 bits per heavy atom. The number of imidazole rings is 1. The van der Waals surface area contributed by atoms with Gasteiger partial charge in [-0.2, -0.15) is 0 Å². The van der Waals surface area contributed by atoms with Crippen molar-refractivity contribution >= 4 is 11.6 Å². The fourth-order valence-corrected chi connectivity index (χ4v) is 1.62. The maximum absolute atomic E-state index is 6.06. The maximum Gasteiger partial charge on any atom is 0.142 e. The van der Waals surface area contributed by atoms with E-state index in [1.165, 1.54) is 0 Å². The van der Waals surface area contributed by atoms with Gasteiger partial charge in [-0.15, -0.1) is 0 Å². The summed E-state index contributed by atoms with van der Waals surface area (Å²) in [5.41, 5.74) is 7.17. The van der Waals surface area contributed by atoms with E-state index in [1.807, 2.05) is 19.2 Å². The van der Waals surface area contributed by atoms with Gasteiger partial charge in [0.15, 0.2) is 0 Å². The van der Waals surface area contributed by atoms with Crippen molar-refractivity contribution < 1.29 is 0 Å². The molecule has 4 nitrogen and oxygen atoms in total. The van der Waals surface area contributed by atoms with Gasteiger partial charge >= 0.3 is 0 Å². The van der Waals surface area contributed by atoms with Crippen molar-refractivity contribution in [3.63, 3.8) is 0 Å². The van der Waals surface area contributed by atoms with Gasteiger partial charge in [0.05, 0.1) is 5.69 Å². The minimum absolute atomic E-state index is 0.340. The molecule has 0 amide bonds. The second-order valence-corrected chi connectivity index (χ2v) is 3.54. The van der Waals surface area contributed by atoms with Crippen molar-refractivity contribution in [1.82, 2.24) is 14.5 Å². The summed E-state index contributed by atoms with van der Waals surface area (Å²) in [4.78, 5) is 8.40. The van der Waals surface area contributed by atoms with Gasteiger partial charge in [-0.05, 0) is 12.1 Å². The first-order valence-corrected chi connectivity index (χ1v) is 4.93. The van der Waals surface area contributed by atoms with Crippen LogP contribution in [-0.4, -0.2) is 14.5 Å². The Kier molecular flexibility index (Phi) is 2.70. The molecule has 0 saturated heterocycles. The second-order valence-electron chi connectivity index (χ2n) is 3.18. The van der Waals surface area contributed by atoms with E-state index in [9.17, 15) is 0 Å². The van der Waals surface area contributed by atoms with Gasteiger partial charge in [0.25, 0.3) is 0 Å². The first-order valence-electron chi connectivity index (χ1n) is 4.55. The van der Waals surface area contributed by atoms with E-state index >= 15 is 0 Å². The smallest absolute Gasteiger partial charge is 0.142 e. The topological polar surface area (TPSA) is 56.7 Å². The lowest BCUT2D eigenvalue weighted by molar-refractivity contribution is 0.921. The quantitative estimate of drug-likeness (QED) is 0.840. The maximum atomic E-state index is 6.06. The second kappa shape index (κ2) is 4.00. The minimum atomic E-state index is 0.340. The lowest BCUT2D eigenvalue weighted by atomic mass is 10.3. The van der Waals surface area contributed by atoms with Crippen LogP contribution in [0.4, 0.5) is 0 Å². The third-order valence-electron chi connectivity index (χ3n) is 2.20. The number of halogens is 1. The zero-order valence-electron chi connectivity index (χ0n) is 8.31. The number of pyridine rings is 1. The highest BCUT2D eigenvalue weighted by Gasteiger charge is 2.12. The molecular weight excluding hydrogens is 212 g/mol. The van der Waals surface area contributed by atoms with Gasteiger partial charge < -0.3 is 10.3 Å². The Morgan fingerprint density at radius 2 is 2.33 bits per heavy atom. The highest BCUT2D eigenvalue weighted by atomic mass is 35.5. The molecule has 2 aromatic heterocycles. The summed E-state index contributed by atoms with van der Waals surface area (Å²) in [6.45, 7) is 0.340. The number of rotatable bonds is 2. The van der Waals surface area contributed by atoms with Gasteiger partial charge in [0, 0.05) is 31.5 Å². The third kappa shape index (κ3) is 1.73. The summed E-state index contributed by atoms with van der Waals surface area (Å²) in [7, 11) is 1.86. The SMILES string of the molecule is Cn1c(-c2cccnc2)nc(CN)c1Cl. The molecule has 0 aliphatic rings. The number of hydrogen-bond donors (Lipinski definition) is 1. The van der Waals surface area contributed by atoms with Crippen LogP contribution in [0.1, 0.15) is 5.69 Å². The van der Waals surface area contributed by atoms with Gasteiger partial charge in [-0.1, -0.05) is 11.6 Å². The lowest BCUT2D eigenvalue weighted by Crippen LogP contribution is -1.97. The molecule has 0 radical (unpaired) electrons. The van der Waals surface area contributed by atoms with Crippen LogP contribution < -0.4 is 5.73 Å². The van der Waals surface area contributed by atoms with Crippen molar-refractivity contribution in [1.29, 1.82) is 0 Å². The molecule has 2 heterocycles. The number of nitrogens with two attached hydrogens (primary N) is 1. The van der Waals surface area contributed by atoms with Crippen LogP contribution in [0.15, 0.2) is 24.5 Å². The molecule has 15 heavy (non-hydrogen) atoms. The zero-order valence-corrected chi connectivity index (χ0v) is 9.07. The van der Waals surface area contributed by atoms with Gasteiger partial charge in [-0.25, -0.2) is 4.98 Å². The number of hydrogen-bond acceptors (Lipinski definition) is 3. The van der Waals surface area contributed by atoms with E-state index in [1.54, 1.807) is 17.0 Å². The standard InChI is InChI=1S/C10H11ClN4/c1-15-9(11)8(5-12)14-10(15)7-3-2-4-13-6-7/h2-4,6H,5,12H2,1H3. The first kappa shape index (κ1) is 10.1. The molecular formula is C10H11ClN4. The number of nitrogens with zero attached hydrogens (tertiary/aromatic N) is 3. The molecule has 0 aromatic carbocycles. The Bertz CT molecular complexity index is 464. The molecule has 5 heteroatoms. The van der Waals surface area contributed by atoms with E-state index in [4.69, 9.17) is 17.3 Å². The Balaban J connectivity index is 2.55. The van der Waals surface area contributed by atoms with E-state index in [0.29, 0.717) is 17.4 Å². The van der Waals surface area contributed by atoms with Crippen LogP contribution in [0.25, 0.3) is 11.4 Å². The monoisotopic (exact) mass is 222 g/mol. The largest absolute Gasteiger partial charge is 0.325 e. The molecule has 0 saturated carbocycles. The molecule has 0 bridgehead atoms. The molecule has 2 aromatic rings. The first-order chi connectivity index (χ1) is 7.24. The molecule has 2 rings (SSSR count). The van der Waals surface area contributed by atoms with Gasteiger partial charge in [0.1, 0.15) is 11.0 Å². The van der Waals surface area contributed by atoms with Crippen molar-refractivity contribution in [2.75, 3.05) is 0 Å². The van der Waals surface area contributed by atoms with E-state index < -0.39 is 0 Å².